The molecule has 3 heteroatoms. The lowest BCUT2D eigenvalue weighted by Gasteiger charge is -2.13. The molecule has 2 rings (SSSR count). The zero-order chi connectivity index (χ0) is 13.5. The van der Waals surface area contributed by atoms with Gasteiger partial charge in [0.25, 0.3) is 0 Å². The average Bonchev–Trinajstić information content (AvgIpc) is 2.97. The molecular formula is C16H21NOS. The molecule has 1 aromatic carbocycles. The van der Waals surface area contributed by atoms with Crippen molar-refractivity contribution in [2.75, 3.05) is 6.61 Å². The quantitative estimate of drug-likeness (QED) is 0.809. The van der Waals surface area contributed by atoms with E-state index in [0.29, 0.717) is 6.04 Å². The van der Waals surface area contributed by atoms with E-state index in [2.05, 4.69) is 54.9 Å². The zero-order valence-corrected chi connectivity index (χ0v) is 12.4. The van der Waals surface area contributed by atoms with Crippen molar-refractivity contribution in [3.05, 3.63) is 52.2 Å². The van der Waals surface area contributed by atoms with Gasteiger partial charge in [-0.15, -0.1) is 11.3 Å². The Labute approximate surface area is 119 Å². The molecule has 0 spiro atoms. The fourth-order valence-corrected chi connectivity index (χ4v) is 2.63. The van der Waals surface area contributed by atoms with E-state index in [1.165, 1.54) is 10.4 Å². The molecule has 2 aromatic rings. The van der Waals surface area contributed by atoms with Gasteiger partial charge in [-0.05, 0) is 42.5 Å². The number of ether oxygens (including phenoxy) is 1. The van der Waals surface area contributed by atoms with Gasteiger partial charge in [-0.2, -0.15) is 0 Å². The molecule has 1 N–H and O–H groups in total. The Morgan fingerprint density at radius 2 is 2.16 bits per heavy atom. The second kappa shape index (κ2) is 7.31. The van der Waals surface area contributed by atoms with Crippen molar-refractivity contribution in [2.45, 2.75) is 32.9 Å². The van der Waals surface area contributed by atoms with Crippen LogP contribution in [0.5, 0.6) is 5.75 Å². The molecule has 0 saturated carbocycles. The van der Waals surface area contributed by atoms with Crippen LogP contribution in [0.25, 0.3) is 0 Å². The van der Waals surface area contributed by atoms with Crippen LogP contribution >= 0.6 is 11.3 Å². The highest BCUT2D eigenvalue weighted by atomic mass is 32.1. The molecule has 1 aromatic heterocycles. The van der Waals surface area contributed by atoms with Crippen molar-refractivity contribution in [3.63, 3.8) is 0 Å². The van der Waals surface area contributed by atoms with Crippen LogP contribution in [0.3, 0.4) is 0 Å². The number of thiophene rings is 1. The minimum Gasteiger partial charge on any atom is -0.494 e. The van der Waals surface area contributed by atoms with E-state index in [1.807, 2.05) is 6.07 Å². The Morgan fingerprint density at radius 3 is 2.89 bits per heavy atom. The van der Waals surface area contributed by atoms with E-state index in [9.17, 15) is 0 Å². The lowest BCUT2D eigenvalue weighted by Crippen LogP contribution is -2.17. The summed E-state index contributed by atoms with van der Waals surface area (Å²) in [4.78, 5) is 1.37. The van der Waals surface area contributed by atoms with E-state index >= 15 is 0 Å². The molecule has 1 heterocycles. The molecule has 2 nitrogen and oxygen atoms in total. The largest absolute Gasteiger partial charge is 0.494 e. The molecule has 19 heavy (non-hydrogen) atoms. The van der Waals surface area contributed by atoms with Gasteiger partial charge in [0.05, 0.1) is 6.61 Å². The Bertz CT molecular complexity index is 481. The summed E-state index contributed by atoms with van der Waals surface area (Å²) in [7, 11) is 0. The number of hydrogen-bond donors (Lipinski definition) is 1. The van der Waals surface area contributed by atoms with E-state index in [4.69, 9.17) is 4.74 Å². The highest BCUT2D eigenvalue weighted by Crippen LogP contribution is 2.19. The van der Waals surface area contributed by atoms with Crippen molar-refractivity contribution >= 4 is 11.3 Å². The average molecular weight is 275 g/mol. The van der Waals surface area contributed by atoms with E-state index < -0.39 is 0 Å². The van der Waals surface area contributed by atoms with Crippen LogP contribution in [0.1, 0.15) is 36.8 Å². The van der Waals surface area contributed by atoms with Crippen molar-refractivity contribution in [3.8, 4) is 5.75 Å². The van der Waals surface area contributed by atoms with Crippen LogP contribution in [-0.2, 0) is 6.54 Å². The first-order valence-electron chi connectivity index (χ1n) is 6.78. The van der Waals surface area contributed by atoms with Gasteiger partial charge >= 0.3 is 0 Å². The van der Waals surface area contributed by atoms with Crippen LogP contribution in [0, 0.1) is 0 Å². The summed E-state index contributed by atoms with van der Waals surface area (Å²) < 4.78 is 5.65. The normalized spacial score (nSPS) is 12.3. The standard InChI is InChI=1S/C16H21NOS/c1-3-9-18-15-7-4-6-14(11-15)12-17-13(2)16-8-5-10-19-16/h4-8,10-11,13,17H,3,9,12H2,1-2H3/t13-/m1/s1. The second-order valence-corrected chi connectivity index (χ2v) is 5.59. The van der Waals surface area contributed by atoms with E-state index in [0.717, 1.165) is 25.3 Å². The second-order valence-electron chi connectivity index (χ2n) is 4.61. The lowest BCUT2D eigenvalue weighted by molar-refractivity contribution is 0.317. The third kappa shape index (κ3) is 4.37. The maximum Gasteiger partial charge on any atom is 0.119 e. The monoisotopic (exact) mass is 275 g/mol. The van der Waals surface area contributed by atoms with Crippen LogP contribution in [0.4, 0.5) is 0 Å². The first-order chi connectivity index (χ1) is 9.29. The molecule has 0 aliphatic rings. The summed E-state index contributed by atoms with van der Waals surface area (Å²) in [6, 6.07) is 13.0. The maximum absolute atomic E-state index is 5.65. The highest BCUT2D eigenvalue weighted by Gasteiger charge is 2.05. The number of nitrogens with one attached hydrogen (secondary N) is 1. The van der Waals surface area contributed by atoms with E-state index in [-0.39, 0.29) is 0 Å². The predicted octanol–water partition coefficient (Wildman–Crippen LogP) is 4.39. The Morgan fingerprint density at radius 1 is 1.26 bits per heavy atom. The molecule has 0 fully saturated rings. The lowest BCUT2D eigenvalue weighted by atomic mass is 10.2. The number of hydrogen-bond acceptors (Lipinski definition) is 3. The molecule has 0 unspecified atom stereocenters. The van der Waals surface area contributed by atoms with Gasteiger partial charge in [-0.1, -0.05) is 25.1 Å². The van der Waals surface area contributed by atoms with Crippen molar-refractivity contribution in [1.82, 2.24) is 5.32 Å². The summed E-state index contributed by atoms with van der Waals surface area (Å²) in [5.74, 6) is 0.963. The maximum atomic E-state index is 5.65. The van der Waals surface area contributed by atoms with Gasteiger partial charge in [0.2, 0.25) is 0 Å². The molecule has 102 valence electrons. The third-order valence-electron chi connectivity index (χ3n) is 2.95. The molecule has 0 aliphatic carbocycles. The Hall–Kier alpha value is -1.32. The van der Waals surface area contributed by atoms with Crippen molar-refractivity contribution in [2.24, 2.45) is 0 Å². The fourth-order valence-electron chi connectivity index (χ4n) is 1.87. The SMILES string of the molecule is CCCOc1cccc(CN[C@H](C)c2cccs2)c1. The van der Waals surface area contributed by atoms with Crippen molar-refractivity contribution < 1.29 is 4.74 Å². The summed E-state index contributed by atoms with van der Waals surface area (Å²) in [5, 5.41) is 5.66. The van der Waals surface area contributed by atoms with Gasteiger partial charge in [-0.3, -0.25) is 0 Å². The number of rotatable bonds is 7. The minimum atomic E-state index is 0.389. The first kappa shape index (κ1) is 14.1. The minimum absolute atomic E-state index is 0.389. The van der Waals surface area contributed by atoms with Crippen LogP contribution in [-0.4, -0.2) is 6.61 Å². The molecule has 0 radical (unpaired) electrons. The summed E-state index contributed by atoms with van der Waals surface area (Å²) in [6.07, 6.45) is 1.04. The zero-order valence-electron chi connectivity index (χ0n) is 11.6. The highest BCUT2D eigenvalue weighted by molar-refractivity contribution is 7.10. The molecule has 1 atom stereocenters. The van der Waals surface area contributed by atoms with Gasteiger partial charge in [0, 0.05) is 17.5 Å². The van der Waals surface area contributed by atoms with E-state index in [1.54, 1.807) is 11.3 Å². The summed E-state index contributed by atoms with van der Waals surface area (Å²) in [6.45, 7) is 5.96. The van der Waals surface area contributed by atoms with Crippen LogP contribution in [0.15, 0.2) is 41.8 Å². The van der Waals surface area contributed by atoms with Crippen molar-refractivity contribution in [1.29, 1.82) is 0 Å². The molecule has 0 saturated heterocycles. The molecule has 0 amide bonds. The third-order valence-corrected chi connectivity index (χ3v) is 4.01. The van der Waals surface area contributed by atoms with Gasteiger partial charge in [-0.25, -0.2) is 0 Å². The Kier molecular flexibility index (Phi) is 5.43. The summed E-state index contributed by atoms with van der Waals surface area (Å²) >= 11 is 1.79. The summed E-state index contributed by atoms with van der Waals surface area (Å²) in [5.41, 5.74) is 1.26. The predicted molar refractivity (Wildman–Crippen MR) is 81.8 cm³/mol. The molecule has 0 aliphatic heterocycles. The topological polar surface area (TPSA) is 21.3 Å². The first-order valence-corrected chi connectivity index (χ1v) is 7.66. The van der Waals surface area contributed by atoms with Gasteiger partial charge < -0.3 is 10.1 Å². The molecular weight excluding hydrogens is 254 g/mol. The smallest absolute Gasteiger partial charge is 0.119 e. The van der Waals surface area contributed by atoms with Gasteiger partial charge in [0.15, 0.2) is 0 Å². The van der Waals surface area contributed by atoms with Crippen LogP contribution < -0.4 is 10.1 Å². The molecule has 0 bridgehead atoms. The Balaban J connectivity index is 1.88. The van der Waals surface area contributed by atoms with Gasteiger partial charge in [0.1, 0.15) is 5.75 Å². The number of benzene rings is 1. The van der Waals surface area contributed by atoms with Crippen LogP contribution in [0.2, 0.25) is 0 Å². The fraction of sp³-hybridized carbons (Fsp3) is 0.375.